The molecule has 1 heterocycles. The van der Waals surface area contributed by atoms with E-state index >= 15 is 0 Å². The quantitative estimate of drug-likeness (QED) is 0.818. The maximum Gasteiger partial charge on any atom is 0.107 e. The first-order chi connectivity index (χ1) is 10.1. The summed E-state index contributed by atoms with van der Waals surface area (Å²) in [5.41, 5.74) is 1.09. The average Bonchev–Trinajstić information content (AvgIpc) is 2.90. The summed E-state index contributed by atoms with van der Waals surface area (Å²) in [4.78, 5) is 4.65. The van der Waals surface area contributed by atoms with Crippen LogP contribution in [0.5, 0.6) is 0 Å². The smallest absolute Gasteiger partial charge is 0.107 e. The van der Waals surface area contributed by atoms with Crippen LogP contribution in [0.4, 0.5) is 0 Å². The zero-order valence-electron chi connectivity index (χ0n) is 13.9. The normalized spacial score (nSPS) is 26.4. The van der Waals surface area contributed by atoms with E-state index in [4.69, 9.17) is 4.74 Å². The van der Waals surface area contributed by atoms with E-state index < -0.39 is 0 Å². The molecule has 2 rings (SSSR count). The molecule has 0 aromatic carbocycles. The fraction of sp³-hybridized carbons (Fsp3) is 0.824. The molecule has 3 nitrogen and oxygen atoms in total. The molecule has 0 amide bonds. The van der Waals surface area contributed by atoms with Crippen LogP contribution in [-0.4, -0.2) is 17.6 Å². The van der Waals surface area contributed by atoms with Gasteiger partial charge in [-0.1, -0.05) is 34.1 Å². The highest BCUT2D eigenvalue weighted by molar-refractivity contribution is 7.09. The molecule has 21 heavy (non-hydrogen) atoms. The molecule has 0 radical (unpaired) electrons. The number of nitrogens with one attached hydrogen (secondary N) is 1. The number of hydrogen-bond donors (Lipinski definition) is 1. The maximum atomic E-state index is 6.25. The van der Waals surface area contributed by atoms with Crippen molar-refractivity contribution in [2.45, 2.75) is 66.2 Å². The molecular formula is C17H30N2OS. The van der Waals surface area contributed by atoms with E-state index in [0.717, 1.165) is 29.7 Å². The Kier molecular flexibility index (Phi) is 6.65. The van der Waals surface area contributed by atoms with E-state index in [1.807, 2.05) is 0 Å². The summed E-state index contributed by atoms with van der Waals surface area (Å²) < 4.78 is 6.25. The van der Waals surface area contributed by atoms with Gasteiger partial charge in [0.15, 0.2) is 0 Å². The Balaban J connectivity index is 1.86. The number of nitrogens with zero attached hydrogens (tertiary/aromatic N) is 1. The molecule has 3 unspecified atom stereocenters. The molecule has 1 aromatic rings. The molecule has 0 saturated heterocycles. The van der Waals surface area contributed by atoms with Gasteiger partial charge in [-0.25, -0.2) is 4.98 Å². The molecule has 1 aliphatic carbocycles. The van der Waals surface area contributed by atoms with Crippen LogP contribution in [0.15, 0.2) is 5.38 Å². The van der Waals surface area contributed by atoms with Crippen molar-refractivity contribution in [2.24, 2.45) is 17.8 Å². The van der Waals surface area contributed by atoms with Gasteiger partial charge in [-0.3, -0.25) is 0 Å². The summed E-state index contributed by atoms with van der Waals surface area (Å²) >= 11 is 1.73. The van der Waals surface area contributed by atoms with Crippen molar-refractivity contribution < 1.29 is 4.74 Å². The van der Waals surface area contributed by atoms with Crippen molar-refractivity contribution in [3.63, 3.8) is 0 Å². The Hall–Kier alpha value is -0.450. The van der Waals surface area contributed by atoms with E-state index in [1.165, 1.54) is 19.3 Å². The van der Waals surface area contributed by atoms with Gasteiger partial charge in [0.2, 0.25) is 0 Å². The van der Waals surface area contributed by atoms with Crippen LogP contribution in [0.3, 0.4) is 0 Å². The predicted molar refractivity (Wildman–Crippen MR) is 89.4 cm³/mol. The highest BCUT2D eigenvalue weighted by Crippen LogP contribution is 2.35. The van der Waals surface area contributed by atoms with Crippen molar-refractivity contribution in [1.29, 1.82) is 0 Å². The van der Waals surface area contributed by atoms with Gasteiger partial charge >= 0.3 is 0 Å². The summed E-state index contributed by atoms with van der Waals surface area (Å²) in [5, 5.41) is 6.62. The molecule has 120 valence electrons. The number of hydrogen-bond acceptors (Lipinski definition) is 4. The van der Waals surface area contributed by atoms with Gasteiger partial charge in [-0.15, -0.1) is 11.3 Å². The first kappa shape index (κ1) is 16.9. The number of thiazole rings is 1. The summed E-state index contributed by atoms with van der Waals surface area (Å²) in [6.45, 7) is 11.7. The minimum absolute atomic E-state index is 0.410. The molecule has 0 spiro atoms. The third kappa shape index (κ3) is 5.04. The van der Waals surface area contributed by atoms with Crippen molar-refractivity contribution in [1.82, 2.24) is 10.3 Å². The predicted octanol–water partition coefficient (Wildman–Crippen LogP) is 4.23. The molecule has 0 aliphatic heterocycles. The maximum absolute atomic E-state index is 6.25. The summed E-state index contributed by atoms with van der Waals surface area (Å²) in [6.07, 6.45) is 4.28. The van der Waals surface area contributed by atoms with Gasteiger partial charge in [-0.05, 0) is 37.1 Å². The Morgan fingerprint density at radius 3 is 2.95 bits per heavy atom. The summed E-state index contributed by atoms with van der Waals surface area (Å²) in [7, 11) is 0. The van der Waals surface area contributed by atoms with Gasteiger partial charge in [0.05, 0.1) is 18.4 Å². The largest absolute Gasteiger partial charge is 0.372 e. The minimum atomic E-state index is 0.410. The van der Waals surface area contributed by atoms with Crippen molar-refractivity contribution in [3.8, 4) is 0 Å². The molecule has 3 atom stereocenters. The standard InChI is InChI=1S/C17H30N2OS/c1-5-18-9-17-19-14(11-21-17)10-20-16-8-13(4)6-7-15(16)12(2)3/h11-13,15-16,18H,5-10H2,1-4H3. The lowest BCUT2D eigenvalue weighted by Gasteiger charge is -2.37. The van der Waals surface area contributed by atoms with Crippen molar-refractivity contribution in [2.75, 3.05) is 6.54 Å². The van der Waals surface area contributed by atoms with Crippen LogP contribution in [0, 0.1) is 17.8 Å². The van der Waals surface area contributed by atoms with Gasteiger partial charge < -0.3 is 10.1 Å². The molecular weight excluding hydrogens is 280 g/mol. The summed E-state index contributed by atoms with van der Waals surface area (Å²) in [6, 6.07) is 0. The second-order valence-electron chi connectivity index (χ2n) is 6.69. The number of rotatable bonds is 7. The summed E-state index contributed by atoms with van der Waals surface area (Å²) in [5.74, 6) is 2.22. The van der Waals surface area contributed by atoms with Gasteiger partial charge in [0.1, 0.15) is 5.01 Å². The second kappa shape index (κ2) is 8.25. The lowest BCUT2D eigenvalue weighted by molar-refractivity contribution is -0.0482. The molecule has 1 aromatic heterocycles. The first-order valence-electron chi connectivity index (χ1n) is 8.35. The van der Waals surface area contributed by atoms with Gasteiger partial charge in [0, 0.05) is 11.9 Å². The minimum Gasteiger partial charge on any atom is -0.372 e. The highest BCUT2D eigenvalue weighted by atomic mass is 32.1. The van der Waals surface area contributed by atoms with Crippen LogP contribution in [-0.2, 0) is 17.9 Å². The van der Waals surface area contributed by atoms with E-state index in [9.17, 15) is 0 Å². The Bertz CT molecular complexity index is 419. The van der Waals surface area contributed by atoms with Crippen LogP contribution in [0.2, 0.25) is 0 Å². The molecule has 1 aliphatic rings. The molecule has 1 saturated carbocycles. The highest BCUT2D eigenvalue weighted by Gasteiger charge is 2.31. The molecule has 1 N–H and O–H groups in total. The average molecular weight is 311 g/mol. The van der Waals surface area contributed by atoms with Crippen LogP contribution >= 0.6 is 11.3 Å². The molecule has 4 heteroatoms. The molecule has 0 bridgehead atoms. The Morgan fingerprint density at radius 2 is 2.24 bits per heavy atom. The molecule has 1 fully saturated rings. The third-order valence-corrected chi connectivity index (χ3v) is 5.43. The zero-order valence-corrected chi connectivity index (χ0v) is 14.7. The zero-order chi connectivity index (χ0) is 15.2. The first-order valence-corrected chi connectivity index (χ1v) is 9.23. The fourth-order valence-electron chi connectivity index (χ4n) is 3.23. The van der Waals surface area contributed by atoms with E-state index in [2.05, 4.69) is 43.4 Å². The second-order valence-corrected chi connectivity index (χ2v) is 7.63. The van der Waals surface area contributed by atoms with Crippen LogP contribution < -0.4 is 5.32 Å². The fourth-order valence-corrected chi connectivity index (χ4v) is 3.98. The lowest BCUT2D eigenvalue weighted by atomic mass is 9.75. The van der Waals surface area contributed by atoms with E-state index in [0.29, 0.717) is 24.5 Å². The third-order valence-electron chi connectivity index (χ3n) is 4.53. The Morgan fingerprint density at radius 1 is 1.43 bits per heavy atom. The van der Waals surface area contributed by atoms with Crippen molar-refractivity contribution >= 4 is 11.3 Å². The van der Waals surface area contributed by atoms with Crippen LogP contribution in [0.25, 0.3) is 0 Å². The number of ether oxygens (including phenoxy) is 1. The van der Waals surface area contributed by atoms with Crippen LogP contribution in [0.1, 0.15) is 57.7 Å². The lowest BCUT2D eigenvalue weighted by Crippen LogP contribution is -2.34. The number of aromatic nitrogens is 1. The van der Waals surface area contributed by atoms with Gasteiger partial charge in [-0.2, -0.15) is 0 Å². The van der Waals surface area contributed by atoms with Crippen molar-refractivity contribution in [3.05, 3.63) is 16.1 Å². The Labute approximate surface area is 133 Å². The topological polar surface area (TPSA) is 34.2 Å². The SMILES string of the molecule is CCNCc1nc(COC2CC(C)CCC2C(C)C)cs1. The van der Waals surface area contributed by atoms with E-state index in [-0.39, 0.29) is 0 Å². The van der Waals surface area contributed by atoms with Gasteiger partial charge in [0.25, 0.3) is 0 Å². The van der Waals surface area contributed by atoms with E-state index in [1.54, 1.807) is 11.3 Å². The monoisotopic (exact) mass is 310 g/mol.